The monoisotopic (exact) mass is 451 g/mol. The van der Waals surface area contributed by atoms with Crippen molar-refractivity contribution in [3.05, 3.63) is 35.9 Å². The molecule has 5 amide bonds. The molecule has 0 saturated heterocycles. The zero-order valence-corrected chi connectivity index (χ0v) is 18.2. The second kappa shape index (κ2) is 12.1. The lowest BCUT2D eigenvalue weighted by Gasteiger charge is -2.27. The van der Waals surface area contributed by atoms with E-state index in [-0.39, 0.29) is 19.4 Å². The number of nitrogens with two attached hydrogens (primary N) is 1. The number of urea groups is 1. The molecule has 0 aliphatic heterocycles. The number of carboxylic acid groups (broad SMARTS) is 1. The number of nitrogens with one attached hydrogen (secondary N) is 3. The summed E-state index contributed by atoms with van der Waals surface area (Å²) in [4.78, 5) is 59.2. The summed E-state index contributed by atoms with van der Waals surface area (Å²) in [5, 5.41) is 14.0. The van der Waals surface area contributed by atoms with E-state index in [4.69, 9.17) is 15.6 Å². The van der Waals surface area contributed by atoms with Gasteiger partial charge < -0.3 is 26.2 Å². The van der Waals surface area contributed by atoms with Crippen molar-refractivity contribution < 1.29 is 33.8 Å². The summed E-state index contributed by atoms with van der Waals surface area (Å²) in [5.74, 6) is -2.81. The molecule has 176 valence electrons. The van der Waals surface area contributed by atoms with Gasteiger partial charge in [-0.15, -0.1) is 0 Å². The van der Waals surface area contributed by atoms with Crippen molar-refractivity contribution in [3.8, 4) is 0 Å². The van der Waals surface area contributed by atoms with E-state index in [9.17, 15) is 24.0 Å². The number of amides is 5. The minimum Gasteiger partial charge on any atom is -0.480 e. The second-order valence-electron chi connectivity index (χ2n) is 7.78. The van der Waals surface area contributed by atoms with Crippen LogP contribution in [0.1, 0.15) is 32.8 Å². The molecule has 32 heavy (non-hydrogen) atoms. The van der Waals surface area contributed by atoms with Crippen molar-refractivity contribution in [1.82, 2.24) is 21.1 Å². The van der Waals surface area contributed by atoms with Gasteiger partial charge in [-0.05, 0) is 26.3 Å². The predicted octanol–water partition coefficient (Wildman–Crippen LogP) is 0.125. The number of carbonyl (C=O) groups excluding carboxylic acids is 4. The van der Waals surface area contributed by atoms with Gasteiger partial charge in [0.1, 0.15) is 18.2 Å². The molecule has 0 heterocycles. The summed E-state index contributed by atoms with van der Waals surface area (Å²) >= 11 is 0. The van der Waals surface area contributed by atoms with Gasteiger partial charge >= 0.3 is 18.1 Å². The largest absolute Gasteiger partial charge is 0.480 e. The quantitative estimate of drug-likeness (QED) is 0.331. The van der Waals surface area contributed by atoms with Crippen LogP contribution in [-0.4, -0.2) is 64.8 Å². The van der Waals surface area contributed by atoms with Crippen molar-refractivity contribution >= 4 is 29.9 Å². The molecule has 6 N–H and O–H groups in total. The summed E-state index contributed by atoms with van der Waals surface area (Å²) < 4.78 is 5.20. The third kappa shape index (κ3) is 10.8. The van der Waals surface area contributed by atoms with Crippen LogP contribution in [0.3, 0.4) is 0 Å². The molecule has 0 radical (unpaired) electrons. The van der Waals surface area contributed by atoms with Crippen LogP contribution in [0, 0.1) is 0 Å². The first-order chi connectivity index (χ1) is 14.9. The number of hydrogen-bond acceptors (Lipinski definition) is 6. The SMILES string of the molecule is CC(C)(C)OC(=O)NC(Cc1ccccc1)C(=O)NN(CCC(N)=O)C(=O)NCC(=O)O. The Morgan fingerprint density at radius 2 is 1.75 bits per heavy atom. The Bertz CT molecular complexity index is 823. The first-order valence-electron chi connectivity index (χ1n) is 9.77. The molecule has 12 nitrogen and oxygen atoms in total. The number of nitrogens with zero attached hydrogens (tertiary/aromatic N) is 1. The van der Waals surface area contributed by atoms with E-state index in [2.05, 4.69) is 16.1 Å². The van der Waals surface area contributed by atoms with Gasteiger partial charge in [-0.3, -0.25) is 19.8 Å². The molecule has 1 atom stereocenters. The highest BCUT2D eigenvalue weighted by Crippen LogP contribution is 2.09. The van der Waals surface area contributed by atoms with Gasteiger partial charge in [0.25, 0.3) is 5.91 Å². The predicted molar refractivity (Wildman–Crippen MR) is 113 cm³/mol. The van der Waals surface area contributed by atoms with Crippen molar-refractivity contribution in [3.63, 3.8) is 0 Å². The maximum atomic E-state index is 12.9. The number of benzene rings is 1. The highest BCUT2D eigenvalue weighted by Gasteiger charge is 2.27. The molecule has 0 saturated carbocycles. The van der Waals surface area contributed by atoms with E-state index in [1.54, 1.807) is 51.1 Å². The summed E-state index contributed by atoms with van der Waals surface area (Å²) in [7, 11) is 0. The lowest BCUT2D eigenvalue weighted by atomic mass is 10.1. The molecule has 0 spiro atoms. The van der Waals surface area contributed by atoms with Crippen LogP contribution in [-0.2, 0) is 25.5 Å². The standard InChI is InChI=1S/C20H29N5O7/c1-20(2,3)32-19(31)23-14(11-13-7-5-4-6-8-13)17(29)24-25(10-9-15(21)26)18(30)22-12-16(27)28/h4-8,14H,9-12H2,1-3H3,(H2,21,26)(H,22,30)(H,23,31)(H,24,29)(H,27,28). The van der Waals surface area contributed by atoms with Gasteiger partial charge in [0.05, 0.1) is 6.54 Å². The van der Waals surface area contributed by atoms with Crippen LogP contribution in [0.15, 0.2) is 30.3 Å². The summed E-state index contributed by atoms with van der Waals surface area (Å²) in [5.41, 5.74) is 7.32. The van der Waals surface area contributed by atoms with Gasteiger partial charge in [0, 0.05) is 12.8 Å². The molecule has 0 aliphatic carbocycles. The Kier molecular flexibility index (Phi) is 9.93. The van der Waals surface area contributed by atoms with Gasteiger partial charge in [0.15, 0.2) is 0 Å². The molecule has 1 rings (SSSR count). The van der Waals surface area contributed by atoms with Crippen molar-refractivity contribution in [2.45, 2.75) is 45.3 Å². The maximum Gasteiger partial charge on any atom is 0.408 e. The molecule has 12 heteroatoms. The lowest BCUT2D eigenvalue weighted by molar-refractivity contribution is -0.135. The molecular weight excluding hydrogens is 422 g/mol. The zero-order valence-electron chi connectivity index (χ0n) is 18.2. The Balaban J connectivity index is 3.00. The molecular formula is C20H29N5O7. The van der Waals surface area contributed by atoms with E-state index >= 15 is 0 Å². The van der Waals surface area contributed by atoms with Crippen LogP contribution in [0.2, 0.25) is 0 Å². The minimum atomic E-state index is -1.30. The molecule has 1 unspecified atom stereocenters. The fourth-order valence-electron chi connectivity index (χ4n) is 2.40. The summed E-state index contributed by atoms with van der Waals surface area (Å²) in [6, 6.07) is 6.71. The first-order valence-corrected chi connectivity index (χ1v) is 9.77. The number of rotatable bonds is 9. The highest BCUT2D eigenvalue weighted by atomic mass is 16.6. The van der Waals surface area contributed by atoms with Crippen LogP contribution < -0.4 is 21.8 Å². The normalized spacial score (nSPS) is 11.6. The van der Waals surface area contributed by atoms with Gasteiger partial charge in [0.2, 0.25) is 5.91 Å². The number of hydrazine groups is 1. The number of hydrogen-bond donors (Lipinski definition) is 5. The molecule has 0 aromatic heterocycles. The number of carbonyl (C=O) groups is 5. The topological polar surface area (TPSA) is 180 Å². The third-order valence-electron chi connectivity index (χ3n) is 3.75. The fraction of sp³-hybridized carbons (Fsp3) is 0.450. The lowest BCUT2D eigenvalue weighted by Crippen LogP contribution is -2.58. The summed E-state index contributed by atoms with van der Waals surface area (Å²) in [6.07, 6.45) is -1.05. The van der Waals surface area contributed by atoms with E-state index in [1.165, 1.54) is 0 Å². The van der Waals surface area contributed by atoms with E-state index in [0.29, 0.717) is 0 Å². The summed E-state index contributed by atoms with van der Waals surface area (Å²) in [6.45, 7) is 3.98. The average Bonchev–Trinajstić information content (AvgIpc) is 2.67. The van der Waals surface area contributed by atoms with Crippen LogP contribution in [0.4, 0.5) is 9.59 Å². The van der Waals surface area contributed by atoms with Crippen molar-refractivity contribution in [1.29, 1.82) is 0 Å². The highest BCUT2D eigenvalue weighted by molar-refractivity contribution is 5.88. The first kappa shape index (κ1) is 26.2. The number of aliphatic carboxylic acids is 1. The van der Waals surface area contributed by atoms with E-state index < -0.39 is 48.1 Å². The number of ether oxygens (including phenoxy) is 1. The smallest absolute Gasteiger partial charge is 0.408 e. The van der Waals surface area contributed by atoms with Gasteiger partial charge in [-0.25, -0.2) is 14.6 Å². The maximum absolute atomic E-state index is 12.9. The average molecular weight is 451 g/mol. The molecule has 0 bridgehead atoms. The number of carboxylic acids is 1. The van der Waals surface area contributed by atoms with Crippen LogP contribution >= 0.6 is 0 Å². The van der Waals surface area contributed by atoms with Crippen molar-refractivity contribution in [2.75, 3.05) is 13.1 Å². The Labute approximate surface area is 185 Å². The second-order valence-corrected chi connectivity index (χ2v) is 7.78. The van der Waals surface area contributed by atoms with E-state index in [1.807, 2.05) is 0 Å². The molecule has 1 aromatic carbocycles. The van der Waals surface area contributed by atoms with Crippen molar-refractivity contribution in [2.24, 2.45) is 5.73 Å². The zero-order chi connectivity index (χ0) is 24.3. The Morgan fingerprint density at radius 3 is 2.28 bits per heavy atom. The van der Waals surface area contributed by atoms with E-state index in [0.717, 1.165) is 10.6 Å². The van der Waals surface area contributed by atoms with Crippen LogP contribution in [0.5, 0.6) is 0 Å². The third-order valence-corrected chi connectivity index (χ3v) is 3.75. The number of alkyl carbamates (subject to hydrolysis) is 1. The molecule has 0 fully saturated rings. The number of primary amides is 1. The Morgan fingerprint density at radius 1 is 1.12 bits per heavy atom. The van der Waals surface area contributed by atoms with Gasteiger partial charge in [-0.1, -0.05) is 30.3 Å². The Hall–Kier alpha value is -3.83. The molecule has 1 aromatic rings. The minimum absolute atomic E-state index is 0.0757. The van der Waals surface area contributed by atoms with Gasteiger partial charge in [-0.2, -0.15) is 0 Å². The fourth-order valence-corrected chi connectivity index (χ4v) is 2.40. The van der Waals surface area contributed by atoms with Crippen LogP contribution in [0.25, 0.3) is 0 Å². The molecule has 0 aliphatic rings.